The monoisotopic (exact) mass is 285 g/mol. The summed E-state index contributed by atoms with van der Waals surface area (Å²) in [5.41, 5.74) is -0.790. The highest BCUT2D eigenvalue weighted by molar-refractivity contribution is 5.78. The van der Waals surface area contributed by atoms with Crippen LogP contribution in [-0.2, 0) is 9.53 Å². The topological polar surface area (TPSA) is 58.6 Å². The predicted octanol–water partition coefficient (Wildman–Crippen LogP) is 3.20. The second kappa shape index (κ2) is 8.63. The van der Waals surface area contributed by atoms with Gasteiger partial charge in [-0.3, -0.25) is 4.79 Å². The lowest BCUT2D eigenvalue weighted by Gasteiger charge is -2.30. The van der Waals surface area contributed by atoms with Gasteiger partial charge in [-0.2, -0.15) is 0 Å². The second-order valence-corrected chi connectivity index (χ2v) is 6.03. The van der Waals surface area contributed by atoms with Gasteiger partial charge in [-0.05, 0) is 45.1 Å². The van der Waals surface area contributed by atoms with Gasteiger partial charge in [-0.15, -0.1) is 0 Å². The molecule has 0 heterocycles. The molecular weight excluding hydrogens is 254 g/mol. The molecule has 0 aromatic rings. The Labute approximate surface area is 123 Å². The summed E-state index contributed by atoms with van der Waals surface area (Å²) in [4.78, 5) is 11.4. The molecule has 0 amide bonds. The van der Waals surface area contributed by atoms with Gasteiger partial charge in [-0.25, -0.2) is 0 Å². The number of likely N-dealkylation sites (N-methyl/N-ethyl adjacent to an activating group) is 1. The Morgan fingerprint density at radius 1 is 1.40 bits per heavy atom. The lowest BCUT2D eigenvalue weighted by atomic mass is 9.85. The van der Waals surface area contributed by atoms with E-state index in [4.69, 9.17) is 4.74 Å². The van der Waals surface area contributed by atoms with Crippen LogP contribution in [0.5, 0.6) is 0 Å². The van der Waals surface area contributed by atoms with Gasteiger partial charge in [0, 0.05) is 6.61 Å². The van der Waals surface area contributed by atoms with Gasteiger partial charge < -0.3 is 15.2 Å². The first-order chi connectivity index (χ1) is 9.57. The third kappa shape index (κ3) is 4.74. The highest BCUT2D eigenvalue weighted by Gasteiger charge is 2.34. The largest absolute Gasteiger partial charge is 0.480 e. The Kier molecular flexibility index (Phi) is 7.52. The summed E-state index contributed by atoms with van der Waals surface area (Å²) >= 11 is 0. The molecule has 0 radical (unpaired) electrons. The molecule has 3 unspecified atom stereocenters. The average Bonchev–Trinajstić information content (AvgIpc) is 2.48. The number of aliphatic carboxylic acids is 1. The van der Waals surface area contributed by atoms with Crippen LogP contribution in [0.25, 0.3) is 0 Å². The van der Waals surface area contributed by atoms with E-state index in [-0.39, 0.29) is 0 Å². The third-order valence-electron chi connectivity index (χ3n) is 4.90. The number of carboxylic acid groups (broad SMARTS) is 1. The SMILES string of the molecule is CCC1CCCC(OCCCC(CC)(NC)C(=O)O)C1. The normalized spacial score (nSPS) is 26.1. The predicted molar refractivity (Wildman–Crippen MR) is 80.9 cm³/mol. The molecule has 0 saturated heterocycles. The Morgan fingerprint density at radius 2 is 2.15 bits per heavy atom. The van der Waals surface area contributed by atoms with Crippen molar-refractivity contribution in [3.8, 4) is 0 Å². The first-order valence-corrected chi connectivity index (χ1v) is 8.11. The van der Waals surface area contributed by atoms with Gasteiger partial charge >= 0.3 is 5.97 Å². The van der Waals surface area contributed by atoms with Gasteiger partial charge in [0.15, 0.2) is 0 Å². The summed E-state index contributed by atoms with van der Waals surface area (Å²) in [7, 11) is 1.73. The van der Waals surface area contributed by atoms with Gasteiger partial charge in [0.1, 0.15) is 5.54 Å². The molecule has 0 aliphatic heterocycles. The smallest absolute Gasteiger partial charge is 0.323 e. The minimum Gasteiger partial charge on any atom is -0.480 e. The maximum absolute atomic E-state index is 11.4. The molecule has 20 heavy (non-hydrogen) atoms. The van der Waals surface area contributed by atoms with E-state index in [1.165, 1.54) is 32.1 Å². The molecule has 118 valence electrons. The lowest BCUT2D eigenvalue weighted by Crippen LogP contribution is -2.50. The van der Waals surface area contributed by atoms with Crippen LogP contribution in [0.2, 0.25) is 0 Å². The van der Waals surface area contributed by atoms with E-state index in [9.17, 15) is 9.90 Å². The standard InChI is InChI=1S/C16H31NO3/c1-4-13-8-6-9-14(12-13)20-11-7-10-16(5-2,17-3)15(18)19/h13-14,17H,4-12H2,1-3H3,(H,18,19). The van der Waals surface area contributed by atoms with E-state index >= 15 is 0 Å². The summed E-state index contributed by atoms with van der Waals surface area (Å²) < 4.78 is 5.96. The Bertz CT molecular complexity index is 289. The molecule has 3 atom stereocenters. The van der Waals surface area contributed by atoms with Crippen LogP contribution >= 0.6 is 0 Å². The van der Waals surface area contributed by atoms with E-state index in [1.807, 2.05) is 6.92 Å². The van der Waals surface area contributed by atoms with Gasteiger partial charge in [0.25, 0.3) is 0 Å². The summed E-state index contributed by atoms with van der Waals surface area (Å²) in [6.07, 6.45) is 8.62. The maximum atomic E-state index is 11.4. The first-order valence-electron chi connectivity index (χ1n) is 8.11. The van der Waals surface area contributed by atoms with Crippen LogP contribution < -0.4 is 5.32 Å². The number of ether oxygens (including phenoxy) is 1. The molecule has 1 fully saturated rings. The Hall–Kier alpha value is -0.610. The Morgan fingerprint density at radius 3 is 2.70 bits per heavy atom. The van der Waals surface area contributed by atoms with Crippen LogP contribution in [0.4, 0.5) is 0 Å². The molecule has 0 spiro atoms. The Balaban J connectivity index is 2.28. The van der Waals surface area contributed by atoms with Gasteiger partial charge in [-0.1, -0.05) is 33.1 Å². The van der Waals surface area contributed by atoms with Gasteiger partial charge in [0.05, 0.1) is 6.10 Å². The highest BCUT2D eigenvalue weighted by Crippen LogP contribution is 2.28. The number of nitrogens with one attached hydrogen (secondary N) is 1. The molecule has 1 aliphatic carbocycles. The minimum atomic E-state index is -0.790. The lowest BCUT2D eigenvalue weighted by molar-refractivity contribution is -0.145. The van der Waals surface area contributed by atoms with E-state index in [2.05, 4.69) is 12.2 Å². The van der Waals surface area contributed by atoms with Crippen LogP contribution in [0.3, 0.4) is 0 Å². The number of carboxylic acids is 1. The van der Waals surface area contributed by atoms with Crippen molar-refractivity contribution in [2.75, 3.05) is 13.7 Å². The maximum Gasteiger partial charge on any atom is 0.323 e. The molecule has 0 aromatic heterocycles. The highest BCUT2D eigenvalue weighted by atomic mass is 16.5. The fourth-order valence-corrected chi connectivity index (χ4v) is 3.23. The molecule has 1 saturated carbocycles. The quantitative estimate of drug-likeness (QED) is 0.639. The summed E-state index contributed by atoms with van der Waals surface area (Å²) in [6, 6.07) is 0. The molecule has 1 rings (SSSR count). The summed E-state index contributed by atoms with van der Waals surface area (Å²) in [5, 5.41) is 12.3. The first kappa shape index (κ1) is 17.4. The molecule has 1 aliphatic rings. The number of hydrogen-bond donors (Lipinski definition) is 2. The fourth-order valence-electron chi connectivity index (χ4n) is 3.23. The van der Waals surface area contributed by atoms with Crippen molar-refractivity contribution in [3.63, 3.8) is 0 Å². The number of rotatable bonds is 9. The third-order valence-corrected chi connectivity index (χ3v) is 4.90. The average molecular weight is 285 g/mol. The van der Waals surface area contributed by atoms with Crippen LogP contribution in [0.15, 0.2) is 0 Å². The van der Waals surface area contributed by atoms with Crippen LogP contribution in [0, 0.1) is 5.92 Å². The fraction of sp³-hybridized carbons (Fsp3) is 0.938. The second-order valence-electron chi connectivity index (χ2n) is 6.03. The van der Waals surface area contributed by atoms with E-state index in [0.717, 1.165) is 12.3 Å². The van der Waals surface area contributed by atoms with Crippen molar-refractivity contribution in [2.24, 2.45) is 5.92 Å². The van der Waals surface area contributed by atoms with E-state index in [1.54, 1.807) is 7.05 Å². The molecular formula is C16H31NO3. The molecule has 2 N–H and O–H groups in total. The van der Waals surface area contributed by atoms with Crippen molar-refractivity contribution >= 4 is 5.97 Å². The van der Waals surface area contributed by atoms with Crippen LogP contribution in [0.1, 0.15) is 65.2 Å². The molecule has 4 heteroatoms. The molecule has 0 bridgehead atoms. The van der Waals surface area contributed by atoms with Crippen LogP contribution in [-0.4, -0.2) is 36.4 Å². The summed E-state index contributed by atoms with van der Waals surface area (Å²) in [6.45, 7) is 4.85. The van der Waals surface area contributed by atoms with Gasteiger partial charge in [0.2, 0.25) is 0 Å². The van der Waals surface area contributed by atoms with Crippen molar-refractivity contribution in [3.05, 3.63) is 0 Å². The van der Waals surface area contributed by atoms with Crippen molar-refractivity contribution in [1.29, 1.82) is 0 Å². The molecule has 0 aromatic carbocycles. The van der Waals surface area contributed by atoms with E-state index in [0.29, 0.717) is 25.6 Å². The van der Waals surface area contributed by atoms with Crippen molar-refractivity contribution in [2.45, 2.75) is 76.9 Å². The van der Waals surface area contributed by atoms with E-state index < -0.39 is 11.5 Å². The van der Waals surface area contributed by atoms with Crippen molar-refractivity contribution in [1.82, 2.24) is 5.32 Å². The minimum absolute atomic E-state index is 0.393. The summed E-state index contributed by atoms with van der Waals surface area (Å²) in [5.74, 6) is 0.0611. The number of hydrogen-bond acceptors (Lipinski definition) is 3. The van der Waals surface area contributed by atoms with Crippen molar-refractivity contribution < 1.29 is 14.6 Å². The zero-order valence-corrected chi connectivity index (χ0v) is 13.3. The zero-order chi connectivity index (χ0) is 15.0. The number of carbonyl (C=O) groups is 1. The molecule has 4 nitrogen and oxygen atoms in total. The zero-order valence-electron chi connectivity index (χ0n) is 13.3.